The molecule has 0 unspecified atom stereocenters. The van der Waals surface area contributed by atoms with Crippen molar-refractivity contribution in [3.05, 3.63) is 11.4 Å². The number of Topliss-reactive ketones (excluding diaryl/α,β-unsaturated/α-hetero) is 1. The maximum absolute atomic E-state index is 11.2. The van der Waals surface area contributed by atoms with Gasteiger partial charge in [0.25, 0.3) is 0 Å². The number of hydrogen-bond acceptors (Lipinski definition) is 3. The molecule has 0 saturated carbocycles. The monoisotopic (exact) mass is 198 g/mol. The van der Waals surface area contributed by atoms with Crippen molar-refractivity contribution in [3.8, 4) is 0 Å². The summed E-state index contributed by atoms with van der Waals surface area (Å²) in [5.41, 5.74) is 6.91. The Morgan fingerprint density at radius 3 is 2.21 bits per heavy atom. The van der Waals surface area contributed by atoms with E-state index >= 15 is 0 Å². The van der Waals surface area contributed by atoms with Crippen LogP contribution in [0.3, 0.4) is 0 Å². The second-order valence-electron chi connectivity index (χ2n) is 4.23. The maximum atomic E-state index is 11.2. The minimum Gasteiger partial charge on any atom is -0.394 e. The summed E-state index contributed by atoms with van der Waals surface area (Å²) in [6.07, 6.45) is 2.08. The molecule has 0 fully saturated rings. The third kappa shape index (κ3) is 3.05. The number of carbonyl (C=O) groups excluding carboxylic acids is 1. The Labute approximate surface area is 86.8 Å². The third-order valence-electron chi connectivity index (χ3n) is 2.45. The summed E-state index contributed by atoms with van der Waals surface area (Å²) in [5, 5.41) is 3.04. The molecule has 0 rings (SSSR count). The Bertz CT molecular complexity index is 242. The zero-order valence-electron chi connectivity index (χ0n) is 9.90. The highest BCUT2D eigenvalue weighted by Gasteiger charge is 2.25. The molecule has 0 aromatic rings. The van der Waals surface area contributed by atoms with Gasteiger partial charge < -0.3 is 11.1 Å². The van der Waals surface area contributed by atoms with Gasteiger partial charge in [-0.25, -0.2) is 0 Å². The molecule has 82 valence electrons. The van der Waals surface area contributed by atoms with Gasteiger partial charge in [0.2, 0.25) is 0 Å². The number of hydrogen-bond donors (Lipinski definition) is 2. The van der Waals surface area contributed by atoms with E-state index in [0.717, 1.165) is 18.5 Å². The first-order chi connectivity index (χ1) is 6.36. The Morgan fingerprint density at radius 1 is 1.43 bits per heavy atom. The molecule has 0 radical (unpaired) electrons. The first-order valence-corrected chi connectivity index (χ1v) is 5.05. The van der Waals surface area contributed by atoms with Crippen LogP contribution in [0.1, 0.15) is 40.5 Å². The van der Waals surface area contributed by atoms with Crippen LogP contribution in [0.15, 0.2) is 11.4 Å². The first kappa shape index (κ1) is 13.0. The van der Waals surface area contributed by atoms with Crippen LogP contribution in [0.5, 0.6) is 0 Å². The number of nitrogens with one attached hydrogen (secondary N) is 1. The number of nitrogens with two attached hydrogens (primary N) is 1. The zero-order valence-corrected chi connectivity index (χ0v) is 9.90. The van der Waals surface area contributed by atoms with Crippen molar-refractivity contribution in [2.75, 3.05) is 7.05 Å². The topological polar surface area (TPSA) is 55.1 Å². The van der Waals surface area contributed by atoms with Crippen LogP contribution in [-0.4, -0.2) is 12.8 Å². The van der Waals surface area contributed by atoms with Gasteiger partial charge in [-0.05, 0) is 6.42 Å². The lowest BCUT2D eigenvalue weighted by Gasteiger charge is -2.28. The fraction of sp³-hybridized carbons (Fsp3) is 0.727. The van der Waals surface area contributed by atoms with Crippen LogP contribution < -0.4 is 11.1 Å². The number of allylic oxidation sites excluding steroid dienone is 2. The van der Waals surface area contributed by atoms with E-state index in [1.807, 2.05) is 7.05 Å². The van der Waals surface area contributed by atoms with E-state index in [1.54, 1.807) is 0 Å². The molecule has 0 bridgehead atoms. The molecule has 0 aliphatic carbocycles. The van der Waals surface area contributed by atoms with Crippen molar-refractivity contribution in [1.82, 2.24) is 5.32 Å². The van der Waals surface area contributed by atoms with Gasteiger partial charge in [-0.2, -0.15) is 0 Å². The van der Waals surface area contributed by atoms with E-state index in [-0.39, 0.29) is 11.2 Å². The molecule has 14 heavy (non-hydrogen) atoms. The van der Waals surface area contributed by atoms with E-state index in [1.165, 1.54) is 6.92 Å². The molecule has 0 aromatic heterocycles. The molecule has 0 aromatic carbocycles. The zero-order chi connectivity index (χ0) is 11.4. The second kappa shape index (κ2) is 5.03. The quantitative estimate of drug-likeness (QED) is 0.662. The summed E-state index contributed by atoms with van der Waals surface area (Å²) in [6, 6.07) is 0. The molecule has 3 heteroatoms. The van der Waals surface area contributed by atoms with E-state index in [9.17, 15) is 4.79 Å². The normalized spacial score (nSPS) is 13.5. The van der Waals surface area contributed by atoms with Gasteiger partial charge in [0, 0.05) is 25.1 Å². The summed E-state index contributed by atoms with van der Waals surface area (Å²) in [4.78, 5) is 11.2. The molecule has 3 N–H and O–H groups in total. The second-order valence-corrected chi connectivity index (χ2v) is 4.23. The van der Waals surface area contributed by atoms with Crippen molar-refractivity contribution in [2.45, 2.75) is 40.5 Å². The van der Waals surface area contributed by atoms with Gasteiger partial charge in [0.1, 0.15) is 0 Å². The van der Waals surface area contributed by atoms with E-state index in [2.05, 4.69) is 26.1 Å². The van der Waals surface area contributed by atoms with Crippen molar-refractivity contribution >= 4 is 5.78 Å². The Kier molecular flexibility index (Phi) is 4.68. The number of carbonyl (C=O) groups is 1. The van der Waals surface area contributed by atoms with Crippen LogP contribution in [0.4, 0.5) is 0 Å². The summed E-state index contributed by atoms with van der Waals surface area (Å²) in [7, 11) is 1.81. The SMILES string of the molecule is CCCC(C)(C)/C(NC)=C(/N)C(C)=O. The Balaban J connectivity index is 5.06. The van der Waals surface area contributed by atoms with Crippen molar-refractivity contribution in [3.63, 3.8) is 0 Å². The highest BCUT2D eigenvalue weighted by molar-refractivity contribution is 5.93. The molecular formula is C11H22N2O. The van der Waals surface area contributed by atoms with Crippen LogP contribution in [0, 0.1) is 5.41 Å². The lowest BCUT2D eigenvalue weighted by atomic mass is 9.83. The van der Waals surface area contributed by atoms with E-state index in [4.69, 9.17) is 5.73 Å². The first-order valence-electron chi connectivity index (χ1n) is 5.05. The fourth-order valence-electron chi connectivity index (χ4n) is 1.76. The molecule has 0 aliphatic rings. The summed E-state index contributed by atoms with van der Waals surface area (Å²) in [6.45, 7) is 7.81. The predicted octanol–water partition coefficient (Wildman–Crippen LogP) is 1.79. The van der Waals surface area contributed by atoms with E-state index in [0.29, 0.717) is 5.70 Å². The van der Waals surface area contributed by atoms with Gasteiger partial charge in [-0.1, -0.05) is 27.2 Å². The van der Waals surface area contributed by atoms with Crippen molar-refractivity contribution in [1.29, 1.82) is 0 Å². The number of ketones is 1. The standard InChI is InChI=1S/C11H22N2O/c1-6-7-11(3,4)10(13-5)9(12)8(2)14/h13H,6-7,12H2,1-5H3/b10-9-. The largest absolute Gasteiger partial charge is 0.394 e. The molecule has 0 atom stereocenters. The van der Waals surface area contributed by atoms with Crippen molar-refractivity contribution in [2.24, 2.45) is 11.1 Å². The average Bonchev–Trinajstić information content (AvgIpc) is 2.04. The third-order valence-corrected chi connectivity index (χ3v) is 2.45. The highest BCUT2D eigenvalue weighted by atomic mass is 16.1. The van der Waals surface area contributed by atoms with Gasteiger partial charge in [-0.3, -0.25) is 4.79 Å². The molecule has 3 nitrogen and oxygen atoms in total. The Hall–Kier alpha value is -0.990. The molecule has 0 spiro atoms. The lowest BCUT2D eigenvalue weighted by Crippen LogP contribution is -2.30. The minimum absolute atomic E-state index is 0.0563. The van der Waals surface area contributed by atoms with Crippen LogP contribution in [0.25, 0.3) is 0 Å². The molecule has 0 aliphatic heterocycles. The molecule has 0 heterocycles. The van der Waals surface area contributed by atoms with Crippen LogP contribution >= 0.6 is 0 Å². The van der Waals surface area contributed by atoms with Gasteiger partial charge in [-0.15, -0.1) is 0 Å². The van der Waals surface area contributed by atoms with Gasteiger partial charge >= 0.3 is 0 Å². The highest BCUT2D eigenvalue weighted by Crippen LogP contribution is 2.30. The fourth-order valence-corrected chi connectivity index (χ4v) is 1.76. The van der Waals surface area contributed by atoms with Crippen LogP contribution in [-0.2, 0) is 4.79 Å². The van der Waals surface area contributed by atoms with Gasteiger partial charge in [0.05, 0.1) is 5.70 Å². The Morgan fingerprint density at radius 2 is 1.93 bits per heavy atom. The van der Waals surface area contributed by atoms with Crippen molar-refractivity contribution < 1.29 is 4.79 Å². The van der Waals surface area contributed by atoms with Crippen LogP contribution in [0.2, 0.25) is 0 Å². The summed E-state index contributed by atoms with van der Waals surface area (Å²) >= 11 is 0. The predicted molar refractivity (Wildman–Crippen MR) is 59.6 cm³/mol. The molecule has 0 amide bonds. The minimum atomic E-state index is -0.0708. The van der Waals surface area contributed by atoms with Gasteiger partial charge in [0.15, 0.2) is 5.78 Å². The lowest BCUT2D eigenvalue weighted by molar-refractivity contribution is -0.113. The maximum Gasteiger partial charge on any atom is 0.177 e. The smallest absolute Gasteiger partial charge is 0.177 e. The average molecular weight is 198 g/mol. The molecule has 0 saturated heterocycles. The summed E-state index contributed by atoms with van der Waals surface area (Å²) in [5.74, 6) is -0.0708. The number of rotatable bonds is 5. The summed E-state index contributed by atoms with van der Waals surface area (Å²) < 4.78 is 0. The van der Waals surface area contributed by atoms with E-state index < -0.39 is 0 Å². The molecular weight excluding hydrogens is 176 g/mol.